The lowest BCUT2D eigenvalue weighted by molar-refractivity contribution is 0.0286. The normalized spacial score (nSPS) is 31.9. The van der Waals surface area contributed by atoms with Crippen LogP contribution in [0.2, 0.25) is 0 Å². The molecule has 1 aromatic heterocycles. The Morgan fingerprint density at radius 2 is 2.06 bits per heavy atom. The number of hydrogen-bond donors (Lipinski definition) is 1. The summed E-state index contributed by atoms with van der Waals surface area (Å²) in [5.41, 5.74) is 0.665. The topological polar surface area (TPSA) is 53.7 Å². The zero-order valence-electron chi connectivity index (χ0n) is 9.93. The average molecular weight is 235 g/mol. The number of hydrogen-bond acceptors (Lipinski definition) is 3. The predicted molar refractivity (Wildman–Crippen MR) is 61.7 cm³/mol. The van der Waals surface area contributed by atoms with Gasteiger partial charge < -0.3 is 14.4 Å². The van der Waals surface area contributed by atoms with Crippen molar-refractivity contribution < 1.29 is 14.3 Å². The molecule has 92 valence electrons. The highest BCUT2D eigenvalue weighted by molar-refractivity contribution is 5.95. The molecule has 1 amide bonds. The smallest absolute Gasteiger partial charge is 0.257 e. The fourth-order valence-corrected chi connectivity index (χ4v) is 3.23. The molecule has 2 saturated heterocycles. The van der Waals surface area contributed by atoms with Gasteiger partial charge in [0.2, 0.25) is 0 Å². The van der Waals surface area contributed by atoms with Gasteiger partial charge in [-0.3, -0.25) is 4.79 Å². The molecular formula is C13H17NO3. The van der Waals surface area contributed by atoms with Gasteiger partial charge in [-0.25, -0.2) is 0 Å². The fourth-order valence-electron chi connectivity index (χ4n) is 3.23. The summed E-state index contributed by atoms with van der Waals surface area (Å²) in [6.45, 7) is 1.81. The third-order valence-corrected chi connectivity index (χ3v) is 4.03. The van der Waals surface area contributed by atoms with E-state index in [-0.39, 0.29) is 24.1 Å². The molecule has 1 N–H and O–H groups in total. The first-order valence-corrected chi connectivity index (χ1v) is 6.21. The van der Waals surface area contributed by atoms with E-state index in [4.69, 9.17) is 4.42 Å². The van der Waals surface area contributed by atoms with Gasteiger partial charge in [0.15, 0.2) is 0 Å². The third-order valence-electron chi connectivity index (χ3n) is 4.03. The van der Waals surface area contributed by atoms with Crippen LogP contribution < -0.4 is 0 Å². The van der Waals surface area contributed by atoms with Crippen molar-refractivity contribution in [1.82, 2.24) is 4.90 Å². The second kappa shape index (κ2) is 3.88. The van der Waals surface area contributed by atoms with Gasteiger partial charge in [-0.05, 0) is 38.7 Å². The zero-order valence-corrected chi connectivity index (χ0v) is 9.93. The highest BCUT2D eigenvalue weighted by Crippen LogP contribution is 2.37. The van der Waals surface area contributed by atoms with Crippen molar-refractivity contribution in [2.45, 2.75) is 50.8 Å². The maximum absolute atomic E-state index is 12.4. The van der Waals surface area contributed by atoms with Crippen LogP contribution >= 0.6 is 0 Å². The summed E-state index contributed by atoms with van der Waals surface area (Å²) >= 11 is 0. The zero-order chi connectivity index (χ0) is 12.0. The summed E-state index contributed by atoms with van der Waals surface area (Å²) in [6, 6.07) is 2.17. The molecule has 0 aliphatic carbocycles. The molecule has 4 heteroatoms. The van der Waals surface area contributed by atoms with Crippen LogP contribution in [-0.2, 0) is 0 Å². The van der Waals surface area contributed by atoms with E-state index in [2.05, 4.69) is 0 Å². The molecule has 2 bridgehead atoms. The summed E-state index contributed by atoms with van der Waals surface area (Å²) in [6.07, 6.45) is 4.80. The van der Waals surface area contributed by atoms with Gasteiger partial charge in [-0.15, -0.1) is 0 Å². The molecule has 17 heavy (non-hydrogen) atoms. The Morgan fingerprint density at radius 1 is 1.41 bits per heavy atom. The van der Waals surface area contributed by atoms with Crippen LogP contribution in [0.4, 0.5) is 0 Å². The van der Waals surface area contributed by atoms with E-state index in [0.717, 1.165) is 25.7 Å². The van der Waals surface area contributed by atoms with Crippen LogP contribution in [0, 0.1) is 6.92 Å². The Morgan fingerprint density at radius 3 is 2.59 bits per heavy atom. The first-order chi connectivity index (χ1) is 8.16. The summed E-state index contributed by atoms with van der Waals surface area (Å²) in [4.78, 5) is 14.4. The van der Waals surface area contributed by atoms with Crippen LogP contribution in [0.1, 0.15) is 41.8 Å². The van der Waals surface area contributed by atoms with Crippen molar-refractivity contribution in [2.24, 2.45) is 0 Å². The molecule has 3 rings (SSSR count). The van der Waals surface area contributed by atoms with Gasteiger partial charge in [0, 0.05) is 12.1 Å². The number of furan rings is 1. The molecule has 2 fully saturated rings. The standard InChI is InChI=1S/C13H17NO3/c1-8-12(4-5-17-8)13(16)14-9-2-3-10(14)7-11(15)6-9/h4-5,9-11,15H,2-3,6-7H2,1H3. The Kier molecular flexibility index (Phi) is 2.47. The van der Waals surface area contributed by atoms with Gasteiger partial charge in [0.05, 0.1) is 17.9 Å². The van der Waals surface area contributed by atoms with Crippen LogP contribution in [0.3, 0.4) is 0 Å². The summed E-state index contributed by atoms with van der Waals surface area (Å²) in [5.74, 6) is 0.746. The van der Waals surface area contributed by atoms with E-state index >= 15 is 0 Å². The summed E-state index contributed by atoms with van der Waals surface area (Å²) < 4.78 is 5.19. The Bertz CT molecular complexity index is 426. The lowest BCUT2D eigenvalue weighted by Crippen LogP contribution is -2.48. The molecule has 2 aliphatic heterocycles. The molecule has 2 atom stereocenters. The van der Waals surface area contributed by atoms with Gasteiger partial charge in [0.1, 0.15) is 5.76 Å². The fraction of sp³-hybridized carbons (Fsp3) is 0.615. The highest BCUT2D eigenvalue weighted by atomic mass is 16.3. The van der Waals surface area contributed by atoms with E-state index in [1.54, 1.807) is 12.3 Å². The lowest BCUT2D eigenvalue weighted by atomic mass is 9.99. The minimum atomic E-state index is -0.234. The first-order valence-electron chi connectivity index (χ1n) is 6.21. The summed E-state index contributed by atoms with van der Waals surface area (Å²) in [7, 11) is 0. The predicted octanol–water partition coefficient (Wildman–Crippen LogP) is 1.72. The number of carbonyl (C=O) groups excluding carboxylic acids is 1. The van der Waals surface area contributed by atoms with Crippen molar-refractivity contribution in [3.63, 3.8) is 0 Å². The molecule has 1 aromatic rings. The molecule has 0 radical (unpaired) electrons. The number of piperidine rings is 1. The van der Waals surface area contributed by atoms with Gasteiger partial charge in [-0.1, -0.05) is 0 Å². The molecule has 3 heterocycles. The molecule has 0 spiro atoms. The molecule has 0 aromatic carbocycles. The van der Waals surface area contributed by atoms with Crippen molar-refractivity contribution >= 4 is 5.91 Å². The monoisotopic (exact) mass is 235 g/mol. The van der Waals surface area contributed by atoms with Crippen molar-refractivity contribution in [1.29, 1.82) is 0 Å². The minimum Gasteiger partial charge on any atom is -0.469 e. The maximum Gasteiger partial charge on any atom is 0.257 e. The summed E-state index contributed by atoms with van der Waals surface area (Å²) in [5, 5.41) is 9.72. The number of amides is 1. The van der Waals surface area contributed by atoms with Crippen molar-refractivity contribution in [3.05, 3.63) is 23.7 Å². The van der Waals surface area contributed by atoms with Crippen LogP contribution in [0.25, 0.3) is 0 Å². The van der Waals surface area contributed by atoms with E-state index < -0.39 is 0 Å². The lowest BCUT2D eigenvalue weighted by Gasteiger charge is -2.37. The number of rotatable bonds is 1. The average Bonchev–Trinajstić information content (AvgIpc) is 2.81. The molecule has 2 aliphatic rings. The van der Waals surface area contributed by atoms with E-state index in [1.807, 2.05) is 11.8 Å². The largest absolute Gasteiger partial charge is 0.469 e. The number of aryl methyl sites for hydroxylation is 1. The quantitative estimate of drug-likeness (QED) is 0.806. The molecule has 4 nitrogen and oxygen atoms in total. The molecule has 0 saturated carbocycles. The Labute approximate surface area is 100 Å². The second-order valence-corrected chi connectivity index (χ2v) is 5.11. The van der Waals surface area contributed by atoms with E-state index in [9.17, 15) is 9.90 Å². The van der Waals surface area contributed by atoms with Crippen LogP contribution in [0.15, 0.2) is 16.7 Å². The number of fused-ring (bicyclic) bond motifs is 2. The van der Waals surface area contributed by atoms with Crippen molar-refractivity contribution in [2.75, 3.05) is 0 Å². The SMILES string of the molecule is Cc1occc1C(=O)N1C2CCC1CC(O)C2. The molecular weight excluding hydrogens is 218 g/mol. The number of nitrogens with zero attached hydrogens (tertiary/aromatic N) is 1. The van der Waals surface area contributed by atoms with E-state index in [1.165, 1.54) is 0 Å². The van der Waals surface area contributed by atoms with Gasteiger partial charge in [0.25, 0.3) is 5.91 Å². The molecule has 2 unspecified atom stereocenters. The highest BCUT2D eigenvalue weighted by Gasteiger charge is 2.43. The Hall–Kier alpha value is -1.29. The van der Waals surface area contributed by atoms with Crippen molar-refractivity contribution in [3.8, 4) is 0 Å². The third kappa shape index (κ3) is 1.67. The van der Waals surface area contributed by atoms with Crippen LogP contribution in [-0.4, -0.2) is 34.1 Å². The first kappa shape index (κ1) is 10.8. The van der Waals surface area contributed by atoms with E-state index in [0.29, 0.717) is 11.3 Å². The Balaban J connectivity index is 1.86. The number of aliphatic hydroxyl groups excluding tert-OH is 1. The van der Waals surface area contributed by atoms with Gasteiger partial charge in [-0.2, -0.15) is 0 Å². The number of carbonyl (C=O) groups is 1. The minimum absolute atomic E-state index is 0.0654. The van der Waals surface area contributed by atoms with Crippen LogP contribution in [0.5, 0.6) is 0 Å². The van der Waals surface area contributed by atoms with Gasteiger partial charge >= 0.3 is 0 Å². The maximum atomic E-state index is 12.4. The number of aliphatic hydroxyl groups is 1. The second-order valence-electron chi connectivity index (χ2n) is 5.11.